The number of aromatic carboxylic acids is 1. The van der Waals surface area contributed by atoms with Gasteiger partial charge in [0.2, 0.25) is 0 Å². The van der Waals surface area contributed by atoms with Gasteiger partial charge in [-0.3, -0.25) is 0 Å². The topological polar surface area (TPSA) is 70.4 Å². The van der Waals surface area contributed by atoms with Crippen LogP contribution in [0.4, 0.5) is 0 Å². The molecule has 0 amide bonds. The third-order valence-electron chi connectivity index (χ3n) is 5.73. The molecule has 0 aliphatic carbocycles. The number of carboxylic acids is 1. The number of pyridine rings is 1. The van der Waals surface area contributed by atoms with Gasteiger partial charge in [-0.25, -0.2) is 9.78 Å². The van der Waals surface area contributed by atoms with E-state index >= 15 is 0 Å². The van der Waals surface area contributed by atoms with E-state index in [4.69, 9.17) is 11.6 Å². The summed E-state index contributed by atoms with van der Waals surface area (Å²) in [6, 6.07) is 22.5. The number of aliphatic hydroxyl groups excluding tert-OH is 1. The summed E-state index contributed by atoms with van der Waals surface area (Å²) in [5, 5.41) is 21.9. The molecule has 33 heavy (non-hydrogen) atoms. The molecule has 0 spiro atoms. The molecule has 0 aliphatic heterocycles. The Kier molecular flexibility index (Phi) is 6.87. The van der Waals surface area contributed by atoms with E-state index in [1.165, 1.54) is 0 Å². The van der Waals surface area contributed by atoms with Gasteiger partial charge in [0.15, 0.2) is 0 Å². The molecular weight excluding hydrogens is 434 g/mol. The number of aryl methyl sites for hydroxylation is 1. The minimum Gasteiger partial charge on any atom is -0.478 e. The third kappa shape index (κ3) is 5.48. The van der Waals surface area contributed by atoms with Gasteiger partial charge in [-0.05, 0) is 78.4 Å². The highest BCUT2D eigenvalue weighted by molar-refractivity contribution is 6.31. The molecule has 0 unspecified atom stereocenters. The largest absolute Gasteiger partial charge is 0.478 e. The van der Waals surface area contributed by atoms with Crippen LogP contribution >= 0.6 is 11.6 Å². The Morgan fingerprint density at radius 3 is 2.64 bits per heavy atom. The minimum atomic E-state index is -0.945. The molecule has 4 nitrogen and oxygen atoms in total. The van der Waals surface area contributed by atoms with Crippen molar-refractivity contribution in [2.45, 2.75) is 25.9 Å². The molecule has 5 heteroatoms. The Morgan fingerprint density at radius 2 is 1.82 bits per heavy atom. The lowest BCUT2D eigenvalue weighted by molar-refractivity contribution is 0.0695. The Bertz CT molecular complexity index is 1350. The lowest BCUT2D eigenvalue weighted by Crippen LogP contribution is -2.07. The predicted octanol–water partition coefficient (Wildman–Crippen LogP) is 6.73. The zero-order valence-electron chi connectivity index (χ0n) is 18.2. The molecule has 0 bridgehead atoms. The number of hydrogen-bond donors (Lipinski definition) is 2. The molecule has 1 aromatic heterocycles. The van der Waals surface area contributed by atoms with Crippen LogP contribution in [0.15, 0.2) is 72.8 Å². The van der Waals surface area contributed by atoms with E-state index in [1.54, 1.807) is 12.1 Å². The second-order valence-corrected chi connectivity index (χ2v) is 8.47. The van der Waals surface area contributed by atoms with Gasteiger partial charge in [-0.2, -0.15) is 0 Å². The molecule has 0 saturated heterocycles. The third-order valence-corrected chi connectivity index (χ3v) is 5.96. The summed E-state index contributed by atoms with van der Waals surface area (Å²) in [7, 11) is 0. The number of fused-ring (bicyclic) bond motifs is 1. The lowest BCUT2D eigenvalue weighted by atomic mass is 9.94. The number of hydrogen-bond acceptors (Lipinski definition) is 3. The summed E-state index contributed by atoms with van der Waals surface area (Å²) >= 11 is 6.08. The Morgan fingerprint density at radius 1 is 1.03 bits per heavy atom. The molecule has 4 aromatic rings. The highest BCUT2D eigenvalue weighted by atomic mass is 35.5. The molecule has 166 valence electrons. The van der Waals surface area contributed by atoms with E-state index in [-0.39, 0.29) is 0 Å². The van der Waals surface area contributed by atoms with Gasteiger partial charge in [-0.15, -0.1) is 0 Å². The van der Waals surface area contributed by atoms with Gasteiger partial charge in [0.1, 0.15) is 0 Å². The first kappa shape index (κ1) is 22.7. The predicted molar refractivity (Wildman–Crippen MR) is 134 cm³/mol. The first-order valence-corrected chi connectivity index (χ1v) is 11.1. The first-order chi connectivity index (χ1) is 15.9. The number of aliphatic hydroxyl groups is 1. The van der Waals surface area contributed by atoms with Crippen LogP contribution in [0.25, 0.3) is 23.1 Å². The summed E-state index contributed by atoms with van der Waals surface area (Å²) in [5.41, 5.74) is 5.37. The first-order valence-electron chi connectivity index (χ1n) is 10.7. The van der Waals surface area contributed by atoms with Crippen LogP contribution < -0.4 is 0 Å². The summed E-state index contributed by atoms with van der Waals surface area (Å²) in [6.07, 6.45) is 4.11. The number of nitrogens with zero attached hydrogens (tertiary/aromatic N) is 1. The lowest BCUT2D eigenvalue weighted by Gasteiger charge is -2.14. The second kappa shape index (κ2) is 9.99. The molecule has 4 rings (SSSR count). The van der Waals surface area contributed by atoms with Crippen LogP contribution in [-0.4, -0.2) is 21.2 Å². The van der Waals surface area contributed by atoms with Crippen molar-refractivity contribution in [2.24, 2.45) is 0 Å². The van der Waals surface area contributed by atoms with E-state index in [1.807, 2.05) is 79.7 Å². The fourth-order valence-electron chi connectivity index (χ4n) is 3.93. The number of rotatable bonds is 7. The average molecular weight is 458 g/mol. The standard InChI is InChI=1S/C28H24ClNO3/c1-18-4-2-7-25(28(32)33)24(18)14-15-27(31)21-6-3-5-19(16-21)8-12-23-13-10-20-9-11-22(29)17-26(20)30-23/h2-13,16-17,27,31H,14-15H2,1H3,(H,32,33)/t27-/m1/s1. The normalized spacial score (nSPS) is 12.3. The van der Waals surface area contributed by atoms with Crippen molar-refractivity contribution < 1.29 is 15.0 Å². The molecular formula is C28H24ClNO3. The van der Waals surface area contributed by atoms with Crippen molar-refractivity contribution >= 4 is 40.6 Å². The van der Waals surface area contributed by atoms with Crippen molar-refractivity contribution in [1.29, 1.82) is 0 Å². The fourth-order valence-corrected chi connectivity index (χ4v) is 4.10. The van der Waals surface area contributed by atoms with Crippen LogP contribution in [0.3, 0.4) is 0 Å². The van der Waals surface area contributed by atoms with Crippen LogP contribution in [0.2, 0.25) is 5.02 Å². The van der Waals surface area contributed by atoms with Crippen molar-refractivity contribution in [3.05, 3.63) is 111 Å². The Balaban J connectivity index is 1.48. The summed E-state index contributed by atoms with van der Waals surface area (Å²) in [5.74, 6) is -0.945. The van der Waals surface area contributed by atoms with E-state index < -0.39 is 12.1 Å². The van der Waals surface area contributed by atoms with Crippen molar-refractivity contribution in [1.82, 2.24) is 4.98 Å². The summed E-state index contributed by atoms with van der Waals surface area (Å²) in [6.45, 7) is 1.90. The Labute approximate surface area is 197 Å². The molecule has 3 aromatic carbocycles. The van der Waals surface area contributed by atoms with E-state index in [0.29, 0.717) is 23.4 Å². The number of aromatic nitrogens is 1. The summed E-state index contributed by atoms with van der Waals surface area (Å²) in [4.78, 5) is 16.2. The number of carbonyl (C=O) groups is 1. The maximum Gasteiger partial charge on any atom is 0.335 e. The van der Waals surface area contributed by atoms with Crippen LogP contribution in [0.1, 0.15) is 50.8 Å². The summed E-state index contributed by atoms with van der Waals surface area (Å²) < 4.78 is 0. The molecule has 1 heterocycles. The smallest absolute Gasteiger partial charge is 0.335 e. The van der Waals surface area contributed by atoms with E-state index in [0.717, 1.165) is 38.9 Å². The highest BCUT2D eigenvalue weighted by Crippen LogP contribution is 2.24. The van der Waals surface area contributed by atoms with Gasteiger partial charge < -0.3 is 10.2 Å². The molecule has 0 fully saturated rings. The maximum absolute atomic E-state index is 11.5. The monoisotopic (exact) mass is 457 g/mol. The second-order valence-electron chi connectivity index (χ2n) is 8.04. The number of benzene rings is 3. The van der Waals surface area contributed by atoms with E-state index in [9.17, 15) is 15.0 Å². The quantitative estimate of drug-likeness (QED) is 0.322. The van der Waals surface area contributed by atoms with E-state index in [2.05, 4.69) is 4.98 Å². The zero-order chi connectivity index (χ0) is 23.4. The van der Waals surface area contributed by atoms with Crippen molar-refractivity contribution in [2.75, 3.05) is 0 Å². The number of carboxylic acid groups (broad SMARTS) is 1. The van der Waals surface area contributed by atoms with Crippen LogP contribution in [0, 0.1) is 6.92 Å². The van der Waals surface area contributed by atoms with Gasteiger partial charge in [0.25, 0.3) is 0 Å². The Hall–Kier alpha value is -3.47. The molecule has 0 radical (unpaired) electrons. The van der Waals surface area contributed by atoms with Crippen molar-refractivity contribution in [3.8, 4) is 0 Å². The maximum atomic E-state index is 11.5. The van der Waals surface area contributed by atoms with Gasteiger partial charge in [0, 0.05) is 10.4 Å². The van der Waals surface area contributed by atoms with Gasteiger partial charge in [-0.1, -0.05) is 60.1 Å². The van der Waals surface area contributed by atoms with Crippen LogP contribution in [0.5, 0.6) is 0 Å². The molecule has 0 aliphatic rings. The molecule has 2 N–H and O–H groups in total. The highest BCUT2D eigenvalue weighted by Gasteiger charge is 2.15. The molecule has 1 atom stereocenters. The SMILES string of the molecule is Cc1cccc(C(=O)O)c1CC[C@@H](O)c1cccc(C=Cc2ccc3ccc(Cl)cc3n2)c1. The number of halogens is 1. The molecule has 0 saturated carbocycles. The van der Waals surface area contributed by atoms with Crippen molar-refractivity contribution in [3.63, 3.8) is 0 Å². The van der Waals surface area contributed by atoms with Gasteiger partial charge in [0.05, 0.1) is 22.9 Å². The zero-order valence-corrected chi connectivity index (χ0v) is 19.0. The minimum absolute atomic E-state index is 0.294. The van der Waals surface area contributed by atoms with Gasteiger partial charge >= 0.3 is 5.97 Å². The average Bonchev–Trinajstić information content (AvgIpc) is 2.81. The van der Waals surface area contributed by atoms with Crippen LogP contribution in [-0.2, 0) is 6.42 Å². The fraction of sp³-hybridized carbons (Fsp3) is 0.143.